The minimum absolute atomic E-state index is 0.486. The summed E-state index contributed by atoms with van der Waals surface area (Å²) in [5.41, 5.74) is 0. The second-order valence-corrected chi connectivity index (χ2v) is 5.72. The maximum atomic E-state index is 5.71. The molecule has 2 fully saturated rings. The number of likely N-dealkylation sites (N-methyl/N-ethyl adjacent to an activating group) is 1. The number of piperazine rings is 1. The molecule has 4 nitrogen and oxygen atoms in total. The summed E-state index contributed by atoms with van der Waals surface area (Å²) in [5, 5.41) is 3.71. The van der Waals surface area contributed by atoms with Crippen molar-refractivity contribution in [2.45, 2.75) is 38.3 Å². The van der Waals surface area contributed by atoms with Gasteiger partial charge in [-0.3, -0.25) is 4.90 Å². The molecule has 0 spiro atoms. The zero-order chi connectivity index (χ0) is 12.8. The van der Waals surface area contributed by atoms with Crippen LogP contribution in [0.1, 0.15) is 26.2 Å². The van der Waals surface area contributed by atoms with Crippen molar-refractivity contribution in [3.8, 4) is 0 Å². The summed E-state index contributed by atoms with van der Waals surface area (Å²) in [7, 11) is 2.21. The topological polar surface area (TPSA) is 27.7 Å². The Hall–Kier alpha value is -0.160. The summed E-state index contributed by atoms with van der Waals surface area (Å²) in [6, 6.07) is 0.677. The van der Waals surface area contributed by atoms with Crippen molar-refractivity contribution < 1.29 is 4.74 Å². The van der Waals surface area contributed by atoms with Crippen LogP contribution in [0.25, 0.3) is 0 Å². The Balaban J connectivity index is 1.57. The summed E-state index contributed by atoms with van der Waals surface area (Å²) in [6.07, 6.45) is 4.01. The maximum Gasteiger partial charge on any atom is 0.0587 e. The lowest BCUT2D eigenvalue weighted by molar-refractivity contribution is -0.000453. The molecule has 106 valence electrons. The molecule has 1 N–H and O–H groups in total. The summed E-state index contributed by atoms with van der Waals surface area (Å²) in [6.45, 7) is 10.4. The molecule has 2 aliphatic heterocycles. The van der Waals surface area contributed by atoms with Crippen molar-refractivity contribution in [3.63, 3.8) is 0 Å². The molecule has 2 aliphatic rings. The van der Waals surface area contributed by atoms with Gasteiger partial charge < -0.3 is 15.0 Å². The molecule has 0 radical (unpaired) electrons. The Morgan fingerprint density at radius 3 is 2.72 bits per heavy atom. The maximum absolute atomic E-state index is 5.71. The van der Waals surface area contributed by atoms with Gasteiger partial charge in [-0.15, -0.1) is 0 Å². The van der Waals surface area contributed by atoms with E-state index in [0.29, 0.717) is 12.1 Å². The molecule has 0 aromatic rings. The highest BCUT2D eigenvalue weighted by Crippen LogP contribution is 2.15. The van der Waals surface area contributed by atoms with E-state index in [1.807, 2.05) is 0 Å². The van der Waals surface area contributed by atoms with E-state index in [1.165, 1.54) is 45.6 Å². The van der Waals surface area contributed by atoms with Gasteiger partial charge in [-0.25, -0.2) is 0 Å². The van der Waals surface area contributed by atoms with Crippen LogP contribution in [0.15, 0.2) is 0 Å². The van der Waals surface area contributed by atoms with Crippen LogP contribution in [0.5, 0.6) is 0 Å². The zero-order valence-electron chi connectivity index (χ0n) is 12.0. The molecule has 0 amide bonds. The molecular weight excluding hydrogens is 226 g/mol. The van der Waals surface area contributed by atoms with E-state index in [1.54, 1.807) is 0 Å². The highest BCUT2D eigenvalue weighted by molar-refractivity contribution is 4.77. The van der Waals surface area contributed by atoms with Gasteiger partial charge in [0.2, 0.25) is 0 Å². The monoisotopic (exact) mass is 255 g/mol. The summed E-state index contributed by atoms with van der Waals surface area (Å²) >= 11 is 0. The molecule has 2 unspecified atom stereocenters. The molecule has 0 saturated carbocycles. The van der Waals surface area contributed by atoms with Crippen LogP contribution in [0.3, 0.4) is 0 Å². The lowest BCUT2D eigenvalue weighted by Crippen LogP contribution is -2.48. The van der Waals surface area contributed by atoms with Gasteiger partial charge in [0, 0.05) is 51.9 Å². The Morgan fingerprint density at radius 1 is 1.22 bits per heavy atom. The summed E-state index contributed by atoms with van der Waals surface area (Å²) < 4.78 is 5.71. The number of hydrogen-bond donors (Lipinski definition) is 1. The Morgan fingerprint density at radius 2 is 2.00 bits per heavy atom. The van der Waals surface area contributed by atoms with E-state index >= 15 is 0 Å². The fourth-order valence-corrected chi connectivity index (χ4v) is 2.85. The second kappa shape index (κ2) is 7.43. The molecule has 0 bridgehead atoms. The van der Waals surface area contributed by atoms with E-state index in [4.69, 9.17) is 4.74 Å². The third-order valence-electron chi connectivity index (χ3n) is 4.28. The van der Waals surface area contributed by atoms with Gasteiger partial charge in [-0.2, -0.15) is 0 Å². The molecule has 2 heterocycles. The molecule has 0 aromatic carbocycles. The molecule has 4 heteroatoms. The van der Waals surface area contributed by atoms with Crippen LogP contribution >= 0.6 is 0 Å². The quantitative estimate of drug-likeness (QED) is 0.786. The number of nitrogens with zero attached hydrogens (tertiary/aromatic N) is 2. The van der Waals surface area contributed by atoms with E-state index in [9.17, 15) is 0 Å². The van der Waals surface area contributed by atoms with Crippen molar-refractivity contribution >= 4 is 0 Å². The first-order chi connectivity index (χ1) is 8.78. The zero-order valence-corrected chi connectivity index (χ0v) is 12.0. The first-order valence-electron chi connectivity index (χ1n) is 7.54. The fraction of sp³-hybridized carbons (Fsp3) is 1.00. The Bertz CT molecular complexity index is 229. The largest absolute Gasteiger partial charge is 0.378 e. The van der Waals surface area contributed by atoms with Gasteiger partial charge in [-0.1, -0.05) is 6.92 Å². The number of rotatable bonds is 5. The molecule has 2 rings (SSSR count). The van der Waals surface area contributed by atoms with Gasteiger partial charge in [0.1, 0.15) is 0 Å². The van der Waals surface area contributed by atoms with Crippen molar-refractivity contribution in [2.75, 3.05) is 52.9 Å². The highest BCUT2D eigenvalue weighted by Gasteiger charge is 2.21. The van der Waals surface area contributed by atoms with Crippen LogP contribution in [0.2, 0.25) is 0 Å². The van der Waals surface area contributed by atoms with E-state index in [0.717, 1.165) is 19.6 Å². The SMILES string of the molecule is CCC1CC(NCCN2CCN(C)CC2)CCO1. The molecule has 0 aliphatic carbocycles. The standard InChI is InChI=1S/C14H29N3O/c1-3-14-12-13(4-11-18-14)15-5-6-17-9-7-16(2)8-10-17/h13-15H,3-12H2,1-2H3. The molecule has 2 atom stereocenters. The lowest BCUT2D eigenvalue weighted by atomic mass is 10.0. The van der Waals surface area contributed by atoms with Gasteiger partial charge in [-0.05, 0) is 26.3 Å². The van der Waals surface area contributed by atoms with Crippen LogP contribution in [0.4, 0.5) is 0 Å². The van der Waals surface area contributed by atoms with Gasteiger partial charge in [0.25, 0.3) is 0 Å². The molecular formula is C14H29N3O. The average Bonchev–Trinajstić information content (AvgIpc) is 2.41. The van der Waals surface area contributed by atoms with Crippen LogP contribution in [-0.2, 0) is 4.74 Å². The van der Waals surface area contributed by atoms with E-state index < -0.39 is 0 Å². The predicted molar refractivity (Wildman–Crippen MR) is 75.0 cm³/mol. The van der Waals surface area contributed by atoms with Crippen LogP contribution in [-0.4, -0.2) is 74.9 Å². The number of ether oxygens (including phenoxy) is 1. The second-order valence-electron chi connectivity index (χ2n) is 5.72. The summed E-state index contributed by atoms with van der Waals surface area (Å²) in [5.74, 6) is 0. The van der Waals surface area contributed by atoms with E-state index in [-0.39, 0.29) is 0 Å². The normalized spacial score (nSPS) is 31.7. The fourth-order valence-electron chi connectivity index (χ4n) is 2.85. The smallest absolute Gasteiger partial charge is 0.0587 e. The predicted octanol–water partition coefficient (Wildman–Crippen LogP) is 0.781. The van der Waals surface area contributed by atoms with Crippen LogP contribution in [0, 0.1) is 0 Å². The average molecular weight is 255 g/mol. The first-order valence-corrected chi connectivity index (χ1v) is 7.54. The summed E-state index contributed by atoms with van der Waals surface area (Å²) in [4.78, 5) is 4.98. The number of nitrogens with one attached hydrogen (secondary N) is 1. The minimum atomic E-state index is 0.486. The van der Waals surface area contributed by atoms with Crippen molar-refractivity contribution in [2.24, 2.45) is 0 Å². The van der Waals surface area contributed by atoms with Crippen molar-refractivity contribution in [1.82, 2.24) is 15.1 Å². The molecule has 18 heavy (non-hydrogen) atoms. The third-order valence-corrected chi connectivity index (χ3v) is 4.28. The van der Waals surface area contributed by atoms with Crippen molar-refractivity contribution in [3.05, 3.63) is 0 Å². The van der Waals surface area contributed by atoms with E-state index in [2.05, 4.69) is 29.1 Å². The minimum Gasteiger partial charge on any atom is -0.378 e. The number of hydrogen-bond acceptors (Lipinski definition) is 4. The van der Waals surface area contributed by atoms with Crippen molar-refractivity contribution in [1.29, 1.82) is 0 Å². The molecule has 2 saturated heterocycles. The van der Waals surface area contributed by atoms with Gasteiger partial charge >= 0.3 is 0 Å². The molecule has 0 aromatic heterocycles. The van der Waals surface area contributed by atoms with Crippen LogP contribution < -0.4 is 5.32 Å². The van der Waals surface area contributed by atoms with Gasteiger partial charge in [0.05, 0.1) is 6.10 Å². The highest BCUT2D eigenvalue weighted by atomic mass is 16.5. The first kappa shape index (κ1) is 14.3. The Kier molecular flexibility index (Phi) is 5.89. The van der Waals surface area contributed by atoms with Gasteiger partial charge in [0.15, 0.2) is 0 Å². The third kappa shape index (κ3) is 4.50. The Labute approximate surface area is 112 Å². The lowest BCUT2D eigenvalue weighted by Gasteiger charge is -2.34.